The lowest BCUT2D eigenvalue weighted by Crippen LogP contribution is -2.32. The number of carbonyl (C=O) groups is 1. The molecule has 22 heavy (non-hydrogen) atoms. The fourth-order valence-corrected chi connectivity index (χ4v) is 2.46. The van der Waals surface area contributed by atoms with Gasteiger partial charge in [-0.1, -0.05) is 29.4 Å². The van der Waals surface area contributed by atoms with E-state index in [-0.39, 0.29) is 22.5 Å². The number of carbonyl (C=O) groups excluding carboxylic acids is 1. The molecule has 2 aromatic rings. The zero-order chi connectivity index (χ0) is 16.3. The number of rotatable bonds is 4. The molecule has 0 fully saturated rings. The number of benzene rings is 1. The maximum absolute atomic E-state index is 12.0. The molecule has 0 bridgehead atoms. The van der Waals surface area contributed by atoms with Crippen LogP contribution in [0.4, 0.5) is 5.69 Å². The number of aromatic nitrogens is 3. The summed E-state index contributed by atoms with van der Waals surface area (Å²) >= 11 is 7.02. The van der Waals surface area contributed by atoms with Crippen molar-refractivity contribution in [1.82, 2.24) is 14.9 Å². The van der Waals surface area contributed by atoms with Crippen molar-refractivity contribution in [2.75, 3.05) is 16.9 Å². The minimum Gasteiger partial charge on any atom is -0.334 e. The number of nitrogens with zero attached hydrogens (tertiary/aromatic N) is 3. The lowest BCUT2D eigenvalue weighted by Gasteiger charge is -2.09. The van der Waals surface area contributed by atoms with Crippen molar-refractivity contribution in [1.29, 1.82) is 0 Å². The third kappa shape index (κ3) is 3.58. The third-order valence-corrected chi connectivity index (χ3v) is 4.25. The summed E-state index contributed by atoms with van der Waals surface area (Å²) in [6.45, 7) is 3.33. The van der Waals surface area contributed by atoms with Crippen molar-refractivity contribution in [3.05, 3.63) is 44.8 Å². The Kier molecular flexibility index (Phi) is 5.04. The zero-order valence-corrected chi connectivity index (χ0v) is 13.5. The highest BCUT2D eigenvalue weighted by atomic mass is 35.5. The summed E-state index contributed by atoms with van der Waals surface area (Å²) in [6.07, 6.45) is 0. The summed E-state index contributed by atoms with van der Waals surface area (Å²) in [4.78, 5) is 23.6. The highest BCUT2D eigenvalue weighted by Crippen LogP contribution is 2.23. The quantitative estimate of drug-likeness (QED) is 0.644. The summed E-state index contributed by atoms with van der Waals surface area (Å²) in [7, 11) is 0. The lowest BCUT2D eigenvalue weighted by molar-refractivity contribution is -0.113. The van der Waals surface area contributed by atoms with Gasteiger partial charge in [-0.05, 0) is 31.5 Å². The number of nitrogen functional groups attached to an aromatic ring is 1. The number of nitrogens with two attached hydrogens (primary N) is 1. The minimum absolute atomic E-state index is 0.0420. The smallest absolute Gasteiger partial charge is 0.294 e. The second kappa shape index (κ2) is 6.80. The van der Waals surface area contributed by atoms with Crippen molar-refractivity contribution < 1.29 is 4.79 Å². The average molecular weight is 340 g/mol. The number of anilines is 1. The molecule has 0 aliphatic carbocycles. The highest BCUT2D eigenvalue weighted by Gasteiger charge is 2.11. The Hall–Kier alpha value is -2.06. The van der Waals surface area contributed by atoms with Gasteiger partial charge in [-0.25, -0.2) is 0 Å². The summed E-state index contributed by atoms with van der Waals surface area (Å²) in [5.41, 5.74) is 1.18. The summed E-state index contributed by atoms with van der Waals surface area (Å²) in [5.74, 6) is 5.38. The molecule has 7 nitrogen and oxygen atoms in total. The summed E-state index contributed by atoms with van der Waals surface area (Å²) in [6, 6.07) is 5.26. The van der Waals surface area contributed by atoms with E-state index in [0.717, 1.165) is 22.0 Å². The predicted molar refractivity (Wildman–Crippen MR) is 86.7 cm³/mol. The van der Waals surface area contributed by atoms with E-state index in [0.29, 0.717) is 10.7 Å². The van der Waals surface area contributed by atoms with Crippen LogP contribution in [0.2, 0.25) is 5.02 Å². The molecular weight excluding hydrogens is 326 g/mol. The van der Waals surface area contributed by atoms with Crippen LogP contribution in [-0.2, 0) is 4.79 Å². The fourth-order valence-electron chi connectivity index (χ4n) is 1.63. The molecule has 0 unspecified atom stereocenters. The van der Waals surface area contributed by atoms with Crippen molar-refractivity contribution in [2.45, 2.75) is 19.0 Å². The number of hydrogen-bond donors (Lipinski definition) is 2. The largest absolute Gasteiger partial charge is 0.334 e. The number of thioether (sulfide) groups is 1. The van der Waals surface area contributed by atoms with E-state index in [9.17, 15) is 9.59 Å². The van der Waals surface area contributed by atoms with Crippen LogP contribution in [0.1, 0.15) is 11.3 Å². The Morgan fingerprint density at radius 1 is 1.41 bits per heavy atom. The SMILES string of the molecule is Cc1c(Cl)cccc1NC(=O)CSc1nnc(C)c(=O)n1N. The van der Waals surface area contributed by atoms with Crippen LogP contribution in [-0.4, -0.2) is 26.5 Å². The molecule has 2 rings (SSSR count). The predicted octanol–water partition coefficient (Wildman–Crippen LogP) is 1.35. The minimum atomic E-state index is -0.441. The maximum atomic E-state index is 12.0. The maximum Gasteiger partial charge on any atom is 0.294 e. The molecule has 0 aliphatic heterocycles. The second-order valence-electron chi connectivity index (χ2n) is 4.49. The van der Waals surface area contributed by atoms with Crippen molar-refractivity contribution in [2.24, 2.45) is 0 Å². The molecule has 0 radical (unpaired) electrons. The monoisotopic (exact) mass is 339 g/mol. The second-order valence-corrected chi connectivity index (χ2v) is 5.84. The fraction of sp³-hybridized carbons (Fsp3) is 0.231. The van der Waals surface area contributed by atoms with Gasteiger partial charge in [0.05, 0.1) is 5.75 Å². The summed E-state index contributed by atoms with van der Waals surface area (Å²) in [5, 5.41) is 11.0. The van der Waals surface area contributed by atoms with E-state index in [1.165, 1.54) is 6.92 Å². The topological polar surface area (TPSA) is 103 Å². The summed E-state index contributed by atoms with van der Waals surface area (Å²) < 4.78 is 0.880. The van der Waals surface area contributed by atoms with E-state index in [4.69, 9.17) is 17.4 Å². The molecule has 0 saturated carbocycles. The van der Waals surface area contributed by atoms with Crippen molar-refractivity contribution in [3.63, 3.8) is 0 Å². The van der Waals surface area contributed by atoms with E-state index in [2.05, 4.69) is 15.5 Å². The molecule has 3 N–H and O–H groups in total. The van der Waals surface area contributed by atoms with E-state index >= 15 is 0 Å². The number of amides is 1. The first-order valence-corrected chi connectivity index (χ1v) is 7.65. The van der Waals surface area contributed by atoms with Crippen LogP contribution in [0.5, 0.6) is 0 Å². The molecule has 1 aromatic carbocycles. The van der Waals surface area contributed by atoms with Gasteiger partial charge in [0.2, 0.25) is 11.1 Å². The Balaban J connectivity index is 2.03. The molecule has 0 saturated heterocycles. The third-order valence-electron chi connectivity index (χ3n) is 2.89. The van der Waals surface area contributed by atoms with Crippen LogP contribution in [0, 0.1) is 13.8 Å². The normalized spacial score (nSPS) is 10.5. The molecule has 9 heteroatoms. The Morgan fingerprint density at radius 2 is 2.14 bits per heavy atom. The number of halogens is 1. The van der Waals surface area contributed by atoms with Gasteiger partial charge in [0.15, 0.2) is 0 Å². The molecule has 1 aromatic heterocycles. The average Bonchev–Trinajstić information content (AvgIpc) is 2.49. The molecule has 116 valence electrons. The highest BCUT2D eigenvalue weighted by molar-refractivity contribution is 7.99. The first-order valence-electron chi connectivity index (χ1n) is 6.29. The van der Waals surface area contributed by atoms with Crippen LogP contribution in [0.25, 0.3) is 0 Å². The number of nitrogens with one attached hydrogen (secondary N) is 1. The number of aryl methyl sites for hydroxylation is 1. The molecule has 1 heterocycles. The van der Waals surface area contributed by atoms with Gasteiger partial charge in [0.1, 0.15) is 5.69 Å². The molecular formula is C13H14ClN5O2S. The van der Waals surface area contributed by atoms with E-state index in [1.807, 2.05) is 6.92 Å². The van der Waals surface area contributed by atoms with Crippen LogP contribution < -0.4 is 16.7 Å². The van der Waals surface area contributed by atoms with Gasteiger partial charge in [0.25, 0.3) is 5.56 Å². The molecule has 0 spiro atoms. The van der Waals surface area contributed by atoms with Crippen molar-refractivity contribution >= 4 is 35.0 Å². The molecule has 0 atom stereocenters. The molecule has 0 aliphatic rings. The van der Waals surface area contributed by atoms with Gasteiger partial charge in [-0.3, -0.25) is 9.59 Å². The standard InChI is InChI=1S/C13H14ClN5O2S/c1-7-9(14)4-3-5-10(7)16-11(20)6-22-13-18-17-8(2)12(21)19(13)15/h3-5H,6,15H2,1-2H3,(H,16,20). The van der Waals surface area contributed by atoms with E-state index in [1.54, 1.807) is 18.2 Å². The van der Waals surface area contributed by atoms with Gasteiger partial charge in [-0.2, -0.15) is 4.68 Å². The lowest BCUT2D eigenvalue weighted by atomic mass is 10.2. The van der Waals surface area contributed by atoms with Gasteiger partial charge in [0, 0.05) is 10.7 Å². The first-order chi connectivity index (χ1) is 10.4. The van der Waals surface area contributed by atoms with Crippen LogP contribution in [0.15, 0.2) is 28.2 Å². The number of hydrogen-bond acceptors (Lipinski definition) is 6. The van der Waals surface area contributed by atoms with Crippen LogP contribution in [0.3, 0.4) is 0 Å². The Labute approximate surface area is 135 Å². The van der Waals surface area contributed by atoms with Gasteiger partial charge in [-0.15, -0.1) is 10.2 Å². The van der Waals surface area contributed by atoms with Gasteiger partial charge >= 0.3 is 0 Å². The van der Waals surface area contributed by atoms with E-state index < -0.39 is 5.56 Å². The van der Waals surface area contributed by atoms with Gasteiger partial charge < -0.3 is 11.2 Å². The Morgan fingerprint density at radius 3 is 2.86 bits per heavy atom. The van der Waals surface area contributed by atoms with Crippen LogP contribution >= 0.6 is 23.4 Å². The Bertz CT molecular complexity index is 778. The first kappa shape index (κ1) is 16.3. The zero-order valence-electron chi connectivity index (χ0n) is 12.0. The van der Waals surface area contributed by atoms with Crippen molar-refractivity contribution in [3.8, 4) is 0 Å². The molecule has 1 amide bonds.